The Kier molecular flexibility index (Phi) is 12.7. The second-order valence-corrected chi connectivity index (χ2v) is 5.04. The number of hydrogen-bond acceptors (Lipinski definition) is 4. The van der Waals surface area contributed by atoms with Crippen LogP contribution in [-0.4, -0.2) is 73.4 Å². The van der Waals surface area contributed by atoms with E-state index in [1.165, 1.54) is 13.0 Å². The lowest BCUT2D eigenvalue weighted by molar-refractivity contribution is 0.202. The number of aliphatic hydroxyl groups is 1. The van der Waals surface area contributed by atoms with Crippen LogP contribution in [0.5, 0.6) is 0 Å². The average Bonchev–Trinajstić information content (AvgIpc) is 2.42. The quantitative estimate of drug-likeness (QED) is 0.532. The van der Waals surface area contributed by atoms with Gasteiger partial charge in [0.2, 0.25) is 0 Å². The van der Waals surface area contributed by atoms with Crippen molar-refractivity contribution in [3.05, 3.63) is 0 Å². The summed E-state index contributed by atoms with van der Waals surface area (Å²) in [6.07, 6.45) is 2.08. The maximum absolute atomic E-state index is 9.10. The van der Waals surface area contributed by atoms with Crippen molar-refractivity contribution in [2.24, 2.45) is 0 Å². The molecule has 1 atom stereocenters. The average molecular weight is 273 g/mol. The summed E-state index contributed by atoms with van der Waals surface area (Å²) in [6, 6.07) is 0.420. The molecule has 0 aromatic rings. The summed E-state index contributed by atoms with van der Waals surface area (Å²) in [5.41, 5.74) is 0. The van der Waals surface area contributed by atoms with Gasteiger partial charge in [0.15, 0.2) is 0 Å². The first-order valence-electron chi connectivity index (χ1n) is 8.00. The summed E-state index contributed by atoms with van der Waals surface area (Å²) in [5, 5.41) is 12.6. The lowest BCUT2D eigenvalue weighted by Gasteiger charge is -2.27. The highest BCUT2D eigenvalue weighted by atomic mass is 16.3. The van der Waals surface area contributed by atoms with Gasteiger partial charge < -0.3 is 20.2 Å². The van der Waals surface area contributed by atoms with Gasteiger partial charge in [-0.05, 0) is 52.1 Å². The highest BCUT2D eigenvalue weighted by molar-refractivity contribution is 4.71. The predicted molar refractivity (Wildman–Crippen MR) is 83.7 cm³/mol. The van der Waals surface area contributed by atoms with E-state index in [2.05, 4.69) is 42.8 Å². The van der Waals surface area contributed by atoms with Gasteiger partial charge in [0.25, 0.3) is 0 Å². The van der Waals surface area contributed by atoms with E-state index >= 15 is 0 Å². The van der Waals surface area contributed by atoms with E-state index in [9.17, 15) is 0 Å². The molecule has 1 unspecified atom stereocenters. The van der Waals surface area contributed by atoms with Crippen molar-refractivity contribution in [3.8, 4) is 0 Å². The Morgan fingerprint density at radius 3 is 2.00 bits per heavy atom. The predicted octanol–water partition coefficient (Wildman–Crippen LogP) is 1.40. The molecule has 0 fully saturated rings. The first-order valence-corrected chi connectivity index (χ1v) is 8.00. The van der Waals surface area contributed by atoms with Gasteiger partial charge in [-0.2, -0.15) is 0 Å². The lowest BCUT2D eigenvalue weighted by Crippen LogP contribution is -2.42. The third-order valence-electron chi connectivity index (χ3n) is 3.74. The third kappa shape index (κ3) is 9.38. The minimum absolute atomic E-state index is 0.272. The van der Waals surface area contributed by atoms with Crippen molar-refractivity contribution in [3.63, 3.8) is 0 Å². The summed E-state index contributed by atoms with van der Waals surface area (Å²) in [7, 11) is 0. The van der Waals surface area contributed by atoms with Gasteiger partial charge in [0.1, 0.15) is 0 Å². The highest BCUT2D eigenvalue weighted by Crippen LogP contribution is 2.00. The first-order chi connectivity index (χ1) is 9.21. The number of likely N-dealkylation sites (N-methyl/N-ethyl adjacent to an activating group) is 2. The van der Waals surface area contributed by atoms with Crippen LogP contribution in [0.3, 0.4) is 0 Å². The van der Waals surface area contributed by atoms with Crippen LogP contribution >= 0.6 is 0 Å². The smallest absolute Gasteiger partial charge is 0.0446 e. The number of hydrogen-bond donors (Lipinski definition) is 2. The zero-order valence-electron chi connectivity index (χ0n) is 13.5. The van der Waals surface area contributed by atoms with Crippen LogP contribution in [0.25, 0.3) is 0 Å². The van der Waals surface area contributed by atoms with Gasteiger partial charge >= 0.3 is 0 Å². The van der Waals surface area contributed by atoms with Gasteiger partial charge in [-0.25, -0.2) is 0 Å². The zero-order valence-corrected chi connectivity index (χ0v) is 13.5. The monoisotopic (exact) mass is 273 g/mol. The minimum Gasteiger partial charge on any atom is -0.396 e. The Bertz CT molecular complexity index is 180. The molecule has 2 N–H and O–H groups in total. The molecule has 0 amide bonds. The third-order valence-corrected chi connectivity index (χ3v) is 3.74. The van der Waals surface area contributed by atoms with Crippen LogP contribution in [0.15, 0.2) is 0 Å². The van der Waals surface area contributed by atoms with E-state index in [4.69, 9.17) is 5.11 Å². The largest absolute Gasteiger partial charge is 0.396 e. The lowest BCUT2D eigenvalue weighted by atomic mass is 10.2. The molecule has 0 aliphatic carbocycles. The molecule has 0 aliphatic heterocycles. The van der Waals surface area contributed by atoms with Gasteiger partial charge in [-0.3, -0.25) is 0 Å². The van der Waals surface area contributed by atoms with Crippen LogP contribution in [-0.2, 0) is 0 Å². The minimum atomic E-state index is 0.272. The molecule has 116 valence electrons. The van der Waals surface area contributed by atoms with Gasteiger partial charge in [-0.1, -0.05) is 27.7 Å². The molecule has 0 heterocycles. The summed E-state index contributed by atoms with van der Waals surface area (Å²) < 4.78 is 0. The second kappa shape index (κ2) is 12.9. The van der Waals surface area contributed by atoms with Crippen molar-refractivity contribution in [2.75, 3.05) is 52.4 Å². The molecular formula is C15H35N3O. The van der Waals surface area contributed by atoms with E-state index in [1.807, 2.05) is 0 Å². The van der Waals surface area contributed by atoms with Crippen LogP contribution in [0.1, 0.15) is 40.5 Å². The van der Waals surface area contributed by atoms with E-state index < -0.39 is 0 Å². The van der Waals surface area contributed by atoms with Crippen LogP contribution < -0.4 is 5.32 Å². The highest BCUT2D eigenvalue weighted by Gasteiger charge is 2.11. The molecule has 0 radical (unpaired) electrons. The van der Waals surface area contributed by atoms with E-state index in [0.29, 0.717) is 6.04 Å². The number of nitrogens with one attached hydrogen (secondary N) is 1. The summed E-state index contributed by atoms with van der Waals surface area (Å²) in [5.74, 6) is 0. The molecular weight excluding hydrogens is 238 g/mol. The molecule has 4 heteroatoms. The maximum Gasteiger partial charge on any atom is 0.0446 e. The van der Waals surface area contributed by atoms with Gasteiger partial charge in [0, 0.05) is 19.2 Å². The Hall–Kier alpha value is -0.160. The second-order valence-electron chi connectivity index (χ2n) is 5.04. The van der Waals surface area contributed by atoms with Crippen molar-refractivity contribution in [1.29, 1.82) is 0 Å². The van der Waals surface area contributed by atoms with E-state index in [-0.39, 0.29) is 6.61 Å². The Balaban J connectivity index is 3.97. The molecule has 0 saturated carbocycles. The van der Waals surface area contributed by atoms with Crippen molar-refractivity contribution in [1.82, 2.24) is 15.1 Å². The SMILES string of the molecule is CCNC(CCO)CN(CC)CCCN(CC)CC. The Morgan fingerprint density at radius 1 is 0.947 bits per heavy atom. The van der Waals surface area contributed by atoms with Crippen LogP contribution in [0.4, 0.5) is 0 Å². The molecule has 4 nitrogen and oxygen atoms in total. The normalized spacial score (nSPS) is 13.4. The Morgan fingerprint density at radius 2 is 1.53 bits per heavy atom. The molecule has 0 spiro atoms. The van der Waals surface area contributed by atoms with Gasteiger partial charge in [0.05, 0.1) is 0 Å². The number of aliphatic hydroxyl groups excluding tert-OH is 1. The molecule has 19 heavy (non-hydrogen) atoms. The summed E-state index contributed by atoms with van der Waals surface area (Å²) in [4.78, 5) is 4.97. The van der Waals surface area contributed by atoms with Gasteiger partial charge in [-0.15, -0.1) is 0 Å². The fraction of sp³-hybridized carbons (Fsp3) is 1.00. The van der Waals surface area contributed by atoms with Crippen LogP contribution in [0.2, 0.25) is 0 Å². The molecule has 0 aliphatic rings. The summed E-state index contributed by atoms with van der Waals surface area (Å²) >= 11 is 0. The van der Waals surface area contributed by atoms with Crippen LogP contribution in [0, 0.1) is 0 Å². The summed E-state index contributed by atoms with van der Waals surface area (Å²) in [6.45, 7) is 16.8. The number of nitrogens with zero attached hydrogens (tertiary/aromatic N) is 2. The fourth-order valence-electron chi connectivity index (χ4n) is 2.45. The zero-order chi connectivity index (χ0) is 14.5. The van der Waals surface area contributed by atoms with E-state index in [0.717, 1.165) is 45.7 Å². The number of rotatable bonds is 13. The molecule has 0 bridgehead atoms. The molecule has 0 saturated heterocycles. The molecule has 0 rings (SSSR count). The molecule has 0 aromatic carbocycles. The Labute approximate surface area is 120 Å². The maximum atomic E-state index is 9.10. The molecule has 0 aromatic heterocycles. The van der Waals surface area contributed by atoms with E-state index in [1.54, 1.807) is 0 Å². The topological polar surface area (TPSA) is 38.7 Å². The first kappa shape index (κ1) is 18.8. The standard InChI is InChI=1S/C15H35N3O/c1-5-16-15(10-13-19)14-18(8-4)12-9-11-17(6-2)7-3/h15-16,19H,5-14H2,1-4H3. The van der Waals surface area contributed by atoms with Crippen molar-refractivity contribution < 1.29 is 5.11 Å². The van der Waals surface area contributed by atoms with Crippen molar-refractivity contribution in [2.45, 2.75) is 46.6 Å². The fourth-order valence-corrected chi connectivity index (χ4v) is 2.45. The van der Waals surface area contributed by atoms with Crippen molar-refractivity contribution >= 4 is 0 Å².